The Labute approximate surface area is 120 Å². The number of anilines is 1. The number of carbonyl (C=O) groups is 1. The average Bonchev–Trinajstić information content (AvgIpc) is 2.92. The summed E-state index contributed by atoms with van der Waals surface area (Å²) in [5.41, 5.74) is 2.24. The van der Waals surface area contributed by atoms with Crippen LogP contribution in [0.3, 0.4) is 0 Å². The highest BCUT2D eigenvalue weighted by molar-refractivity contribution is 7.17. The monoisotopic (exact) mass is 283 g/mol. The summed E-state index contributed by atoms with van der Waals surface area (Å²) >= 11 is 1.57. The first-order chi connectivity index (χ1) is 9.78. The highest BCUT2D eigenvalue weighted by Gasteiger charge is 2.11. The Morgan fingerprint density at radius 1 is 1.10 bits per heavy atom. The summed E-state index contributed by atoms with van der Waals surface area (Å²) in [6, 6.07) is 15.0. The summed E-state index contributed by atoms with van der Waals surface area (Å²) in [5, 5.41) is 14.7. The fraction of sp³-hybridized carbons (Fsp3) is 0.0625. The van der Waals surface area contributed by atoms with Crippen molar-refractivity contribution in [2.75, 3.05) is 5.32 Å². The van der Waals surface area contributed by atoms with Gasteiger partial charge in [-0.15, -0.1) is 11.3 Å². The van der Waals surface area contributed by atoms with Gasteiger partial charge in [0.15, 0.2) is 0 Å². The van der Waals surface area contributed by atoms with Gasteiger partial charge in [-0.3, -0.25) is 4.79 Å². The minimum absolute atomic E-state index is 0.00337. The maximum absolute atomic E-state index is 12.3. The van der Waals surface area contributed by atoms with E-state index in [9.17, 15) is 4.79 Å². The number of carbonyl (C=O) groups excluding carboxylic acids is 1. The summed E-state index contributed by atoms with van der Waals surface area (Å²) in [4.78, 5) is 12.3. The lowest BCUT2D eigenvalue weighted by Gasteiger charge is -2.05. The van der Waals surface area contributed by atoms with E-state index in [1.165, 1.54) is 0 Å². The van der Waals surface area contributed by atoms with Gasteiger partial charge in [0.1, 0.15) is 0 Å². The van der Waals surface area contributed by atoms with Crippen molar-refractivity contribution >= 4 is 33.0 Å². The molecule has 3 nitrogen and oxygen atoms in total. The molecule has 0 aliphatic heterocycles. The van der Waals surface area contributed by atoms with Crippen molar-refractivity contribution < 1.29 is 9.90 Å². The number of aliphatic hydroxyl groups is 1. The van der Waals surface area contributed by atoms with E-state index in [0.29, 0.717) is 5.56 Å². The lowest BCUT2D eigenvalue weighted by atomic mass is 10.1. The Morgan fingerprint density at radius 2 is 1.85 bits per heavy atom. The molecular weight excluding hydrogens is 270 g/mol. The molecular formula is C16H13NO2S. The van der Waals surface area contributed by atoms with Gasteiger partial charge in [0.2, 0.25) is 0 Å². The molecule has 0 saturated carbocycles. The number of rotatable bonds is 3. The molecule has 20 heavy (non-hydrogen) atoms. The third-order valence-electron chi connectivity index (χ3n) is 3.12. The number of aliphatic hydroxyl groups excluding tert-OH is 1. The van der Waals surface area contributed by atoms with Gasteiger partial charge in [0, 0.05) is 21.2 Å². The molecule has 1 aromatic heterocycles. The largest absolute Gasteiger partial charge is 0.392 e. The second-order valence-corrected chi connectivity index (χ2v) is 5.37. The predicted octanol–water partition coefficient (Wildman–Crippen LogP) is 3.65. The van der Waals surface area contributed by atoms with Crippen molar-refractivity contribution in [1.82, 2.24) is 0 Å². The van der Waals surface area contributed by atoms with Crippen molar-refractivity contribution in [3.8, 4) is 0 Å². The minimum atomic E-state index is -0.112. The van der Waals surface area contributed by atoms with Gasteiger partial charge in [-0.2, -0.15) is 0 Å². The summed E-state index contributed by atoms with van der Waals surface area (Å²) < 4.78 is 1.10. The van der Waals surface area contributed by atoms with Gasteiger partial charge in [0.05, 0.1) is 12.2 Å². The van der Waals surface area contributed by atoms with Crippen LogP contribution in [0, 0.1) is 0 Å². The number of hydrogen-bond acceptors (Lipinski definition) is 3. The van der Waals surface area contributed by atoms with Gasteiger partial charge >= 0.3 is 0 Å². The van der Waals surface area contributed by atoms with Crippen LogP contribution in [-0.4, -0.2) is 11.0 Å². The molecule has 0 aliphatic carbocycles. The highest BCUT2D eigenvalue weighted by atomic mass is 32.1. The van der Waals surface area contributed by atoms with Crippen LogP contribution in [0.15, 0.2) is 53.9 Å². The molecule has 100 valence electrons. The van der Waals surface area contributed by atoms with Crippen LogP contribution in [0.5, 0.6) is 0 Å². The number of amides is 1. The molecule has 0 aliphatic rings. The first kappa shape index (κ1) is 12.8. The molecule has 0 fully saturated rings. The number of benzene rings is 2. The zero-order valence-corrected chi connectivity index (χ0v) is 11.5. The van der Waals surface area contributed by atoms with Gasteiger partial charge in [-0.1, -0.05) is 30.3 Å². The van der Waals surface area contributed by atoms with Crippen LogP contribution in [0.2, 0.25) is 0 Å². The highest BCUT2D eigenvalue weighted by Crippen LogP contribution is 2.26. The van der Waals surface area contributed by atoms with E-state index in [1.54, 1.807) is 35.6 Å². The lowest BCUT2D eigenvalue weighted by Crippen LogP contribution is -2.11. The van der Waals surface area contributed by atoms with Gasteiger partial charge in [-0.25, -0.2) is 0 Å². The molecule has 4 heteroatoms. The summed E-state index contributed by atoms with van der Waals surface area (Å²) in [5.74, 6) is -0.112. The Kier molecular flexibility index (Phi) is 3.50. The maximum atomic E-state index is 12.3. The van der Waals surface area contributed by atoms with Crippen LogP contribution in [-0.2, 0) is 6.61 Å². The van der Waals surface area contributed by atoms with E-state index >= 15 is 0 Å². The molecule has 0 atom stereocenters. The molecule has 2 N–H and O–H groups in total. The molecule has 1 amide bonds. The maximum Gasteiger partial charge on any atom is 0.257 e. The van der Waals surface area contributed by atoms with Crippen LogP contribution in [0.1, 0.15) is 15.9 Å². The van der Waals surface area contributed by atoms with Crippen molar-refractivity contribution in [3.63, 3.8) is 0 Å². The molecule has 1 heterocycles. The quantitative estimate of drug-likeness (QED) is 0.771. The van der Waals surface area contributed by atoms with Crippen LogP contribution < -0.4 is 5.32 Å². The van der Waals surface area contributed by atoms with Gasteiger partial charge in [-0.05, 0) is 23.8 Å². The Hall–Kier alpha value is -2.17. The van der Waals surface area contributed by atoms with E-state index in [1.807, 2.05) is 29.6 Å². The van der Waals surface area contributed by atoms with Crippen molar-refractivity contribution in [2.24, 2.45) is 0 Å². The smallest absolute Gasteiger partial charge is 0.257 e. The van der Waals surface area contributed by atoms with Crippen molar-refractivity contribution in [3.05, 3.63) is 65.0 Å². The molecule has 0 saturated heterocycles. The Balaban J connectivity index is 1.85. The summed E-state index contributed by atoms with van der Waals surface area (Å²) in [6.45, 7) is 0.00337. The second-order valence-electron chi connectivity index (χ2n) is 4.45. The SMILES string of the molecule is O=C(Nc1ccc(CO)cc1)c1csc2ccccc12. The zero-order valence-electron chi connectivity index (χ0n) is 10.7. The van der Waals surface area contributed by atoms with E-state index in [2.05, 4.69) is 5.32 Å². The van der Waals surface area contributed by atoms with Crippen LogP contribution >= 0.6 is 11.3 Å². The minimum Gasteiger partial charge on any atom is -0.392 e. The fourth-order valence-electron chi connectivity index (χ4n) is 2.05. The number of hydrogen-bond donors (Lipinski definition) is 2. The first-order valence-corrected chi connectivity index (χ1v) is 7.13. The standard InChI is InChI=1S/C16H13NO2S/c18-9-11-5-7-12(8-6-11)17-16(19)14-10-20-15-4-2-1-3-13(14)15/h1-8,10,18H,9H2,(H,17,19). The van der Waals surface area contributed by atoms with Crippen molar-refractivity contribution in [1.29, 1.82) is 0 Å². The molecule has 0 bridgehead atoms. The molecule has 3 aromatic rings. The summed E-state index contributed by atoms with van der Waals surface area (Å²) in [6.07, 6.45) is 0. The third kappa shape index (κ3) is 2.43. The number of fused-ring (bicyclic) bond motifs is 1. The van der Waals surface area contributed by atoms with Gasteiger partial charge < -0.3 is 10.4 Å². The Morgan fingerprint density at radius 3 is 2.60 bits per heavy atom. The molecule has 2 aromatic carbocycles. The average molecular weight is 283 g/mol. The molecule has 0 radical (unpaired) electrons. The van der Waals surface area contributed by atoms with Crippen LogP contribution in [0.4, 0.5) is 5.69 Å². The Bertz CT molecular complexity index is 747. The predicted molar refractivity (Wildman–Crippen MR) is 82.1 cm³/mol. The number of nitrogens with one attached hydrogen (secondary N) is 1. The van der Waals surface area contributed by atoms with E-state index < -0.39 is 0 Å². The normalized spacial score (nSPS) is 10.7. The number of thiophene rings is 1. The van der Waals surface area contributed by atoms with E-state index in [4.69, 9.17) is 5.11 Å². The second kappa shape index (κ2) is 5.45. The zero-order chi connectivity index (χ0) is 13.9. The molecule has 0 unspecified atom stereocenters. The topological polar surface area (TPSA) is 49.3 Å². The van der Waals surface area contributed by atoms with Crippen LogP contribution in [0.25, 0.3) is 10.1 Å². The first-order valence-electron chi connectivity index (χ1n) is 6.25. The fourth-order valence-corrected chi connectivity index (χ4v) is 2.99. The van der Waals surface area contributed by atoms with Crippen molar-refractivity contribution in [2.45, 2.75) is 6.61 Å². The molecule has 0 spiro atoms. The van der Waals surface area contributed by atoms with Gasteiger partial charge in [0.25, 0.3) is 5.91 Å². The van der Waals surface area contributed by atoms with E-state index in [-0.39, 0.29) is 12.5 Å². The third-order valence-corrected chi connectivity index (χ3v) is 4.08. The summed E-state index contributed by atoms with van der Waals surface area (Å²) in [7, 11) is 0. The molecule has 3 rings (SSSR count). The lowest BCUT2D eigenvalue weighted by molar-refractivity contribution is 0.102. The van der Waals surface area contributed by atoms with E-state index in [0.717, 1.165) is 21.3 Å².